The molecule has 192 valence electrons. The summed E-state index contributed by atoms with van der Waals surface area (Å²) < 4.78 is 5.83. The Kier molecular flexibility index (Phi) is 7.25. The van der Waals surface area contributed by atoms with Crippen LogP contribution in [0.15, 0.2) is 66.0 Å². The Morgan fingerprint density at radius 1 is 1.03 bits per heavy atom. The van der Waals surface area contributed by atoms with Crippen molar-refractivity contribution in [2.24, 2.45) is 0 Å². The van der Waals surface area contributed by atoms with Crippen molar-refractivity contribution in [3.05, 3.63) is 87.6 Å². The number of hydrogen-bond acceptors (Lipinski definition) is 6. The van der Waals surface area contributed by atoms with Crippen molar-refractivity contribution in [1.29, 1.82) is 0 Å². The molecule has 9 heteroatoms. The summed E-state index contributed by atoms with van der Waals surface area (Å²) in [6, 6.07) is 17.9. The van der Waals surface area contributed by atoms with Crippen molar-refractivity contribution >= 4 is 34.9 Å². The first-order valence-electron chi connectivity index (χ1n) is 12.3. The number of carbonyl (C=O) groups is 3. The largest absolute Gasteiger partial charge is 0.438 e. The first-order valence-corrected chi connectivity index (χ1v) is 13.2. The van der Waals surface area contributed by atoms with Gasteiger partial charge in [0.05, 0.1) is 11.4 Å². The first kappa shape index (κ1) is 25.0. The molecule has 37 heavy (non-hydrogen) atoms. The van der Waals surface area contributed by atoms with Crippen LogP contribution in [0.3, 0.4) is 0 Å². The van der Waals surface area contributed by atoms with Crippen LogP contribution in [0.2, 0.25) is 0 Å². The fourth-order valence-corrected chi connectivity index (χ4v) is 5.39. The number of likely N-dealkylation sites (N-methyl/N-ethyl adjacent to an activating group) is 1. The first-order chi connectivity index (χ1) is 17.9. The van der Waals surface area contributed by atoms with E-state index < -0.39 is 18.2 Å². The van der Waals surface area contributed by atoms with Gasteiger partial charge in [0.15, 0.2) is 12.1 Å². The van der Waals surface area contributed by atoms with E-state index >= 15 is 0 Å². The molecule has 0 saturated carbocycles. The lowest BCUT2D eigenvalue weighted by molar-refractivity contribution is -0.138. The minimum absolute atomic E-state index is 0.105. The van der Waals surface area contributed by atoms with Crippen molar-refractivity contribution in [3.8, 4) is 0 Å². The van der Waals surface area contributed by atoms with Gasteiger partial charge in [0.2, 0.25) is 5.91 Å². The Balaban J connectivity index is 1.39. The van der Waals surface area contributed by atoms with E-state index in [0.29, 0.717) is 29.2 Å². The van der Waals surface area contributed by atoms with Crippen molar-refractivity contribution in [3.63, 3.8) is 0 Å². The monoisotopic (exact) mass is 518 g/mol. The summed E-state index contributed by atoms with van der Waals surface area (Å²) in [5.74, 6) is -0.283. The van der Waals surface area contributed by atoms with Gasteiger partial charge in [-0.3, -0.25) is 14.5 Å². The third-order valence-corrected chi connectivity index (χ3v) is 7.70. The highest BCUT2D eigenvalue weighted by Gasteiger charge is 2.48. The smallest absolute Gasteiger partial charge is 0.411 e. The molecule has 1 N–H and O–H groups in total. The number of hydrogen-bond donors (Lipinski definition) is 1. The number of ether oxygens (including phenoxy) is 1. The summed E-state index contributed by atoms with van der Waals surface area (Å²) in [6.07, 6.45) is -1.25. The molecule has 0 unspecified atom stereocenters. The summed E-state index contributed by atoms with van der Waals surface area (Å²) in [7, 11) is 2.04. The molecule has 2 aliphatic rings. The second-order valence-electron chi connectivity index (χ2n) is 9.55. The predicted octanol–water partition coefficient (Wildman–Crippen LogP) is 4.14. The topological polar surface area (TPSA) is 82.2 Å². The minimum atomic E-state index is -0.775. The molecule has 2 saturated heterocycles. The number of amides is 3. The number of nitrogens with one attached hydrogen (secondary N) is 1. The summed E-state index contributed by atoms with van der Waals surface area (Å²) in [6.45, 7) is 5.08. The SMILES string of the molecule is Cc1cccc(CN2C(=O)O[C@@H](c3ccc(NC(=O)c4cccs4)cc3)[C@@H]2C(=O)N2CCN(C)CC2)c1. The molecule has 3 aromatic rings. The zero-order valence-electron chi connectivity index (χ0n) is 20.9. The Morgan fingerprint density at radius 2 is 1.78 bits per heavy atom. The van der Waals surface area contributed by atoms with Gasteiger partial charge in [-0.15, -0.1) is 11.3 Å². The van der Waals surface area contributed by atoms with Gasteiger partial charge in [0, 0.05) is 31.9 Å². The molecule has 0 aliphatic carbocycles. The van der Waals surface area contributed by atoms with Gasteiger partial charge in [0.25, 0.3) is 5.91 Å². The number of anilines is 1. The highest BCUT2D eigenvalue weighted by Crippen LogP contribution is 2.35. The lowest BCUT2D eigenvalue weighted by Crippen LogP contribution is -2.54. The molecule has 8 nitrogen and oxygen atoms in total. The molecule has 0 bridgehead atoms. The molecule has 3 amide bonds. The summed E-state index contributed by atoms with van der Waals surface area (Å²) in [5, 5.41) is 4.73. The average molecular weight is 519 g/mol. The summed E-state index contributed by atoms with van der Waals surface area (Å²) in [4.78, 5) is 45.5. The van der Waals surface area contributed by atoms with E-state index in [9.17, 15) is 14.4 Å². The van der Waals surface area contributed by atoms with Gasteiger partial charge in [-0.25, -0.2) is 4.79 Å². The Morgan fingerprint density at radius 3 is 2.46 bits per heavy atom. The van der Waals surface area contributed by atoms with Crippen LogP contribution in [0.5, 0.6) is 0 Å². The quantitative estimate of drug-likeness (QED) is 0.530. The molecule has 0 radical (unpaired) electrons. The number of cyclic esters (lactones) is 1. The number of piperazine rings is 1. The van der Waals surface area contributed by atoms with E-state index in [2.05, 4.69) is 10.2 Å². The van der Waals surface area contributed by atoms with Crippen LogP contribution in [-0.4, -0.2) is 71.9 Å². The van der Waals surface area contributed by atoms with Crippen molar-refractivity contribution in [2.75, 3.05) is 38.5 Å². The van der Waals surface area contributed by atoms with E-state index in [1.54, 1.807) is 23.1 Å². The van der Waals surface area contributed by atoms with Gasteiger partial charge in [-0.1, -0.05) is 48.0 Å². The van der Waals surface area contributed by atoms with Crippen molar-refractivity contribution in [1.82, 2.24) is 14.7 Å². The Labute approximate surface area is 220 Å². The van der Waals surface area contributed by atoms with E-state index in [1.165, 1.54) is 11.3 Å². The van der Waals surface area contributed by atoms with Crippen LogP contribution in [0, 0.1) is 6.92 Å². The van der Waals surface area contributed by atoms with Crippen molar-refractivity contribution < 1.29 is 19.1 Å². The maximum atomic E-state index is 13.8. The van der Waals surface area contributed by atoms with Gasteiger partial charge in [0.1, 0.15) is 0 Å². The molecular weight excluding hydrogens is 488 g/mol. The molecule has 1 aromatic heterocycles. The van der Waals surface area contributed by atoms with Gasteiger partial charge < -0.3 is 19.9 Å². The standard InChI is InChI=1S/C28H30N4O4S/c1-19-5-3-6-20(17-19)18-32-24(27(34)31-14-12-30(2)13-15-31)25(36-28(32)35)21-8-10-22(11-9-21)29-26(33)23-7-4-16-37-23/h3-11,16-17,24-25H,12-15,18H2,1-2H3,(H,29,33)/t24-,25+/m1/s1. The number of thiophene rings is 1. The average Bonchev–Trinajstić information content (AvgIpc) is 3.54. The molecule has 3 heterocycles. The number of carbonyl (C=O) groups excluding carboxylic acids is 3. The molecular formula is C28H30N4O4S. The van der Waals surface area contributed by atoms with Gasteiger partial charge in [-0.2, -0.15) is 0 Å². The van der Waals surface area contributed by atoms with Crippen LogP contribution in [0.25, 0.3) is 0 Å². The predicted molar refractivity (Wildman–Crippen MR) is 143 cm³/mol. The lowest BCUT2D eigenvalue weighted by atomic mass is 9.99. The summed E-state index contributed by atoms with van der Waals surface area (Å²) >= 11 is 1.37. The van der Waals surface area contributed by atoms with E-state index in [-0.39, 0.29) is 18.4 Å². The maximum absolute atomic E-state index is 13.8. The van der Waals surface area contributed by atoms with Crippen LogP contribution in [-0.2, 0) is 16.1 Å². The lowest BCUT2D eigenvalue weighted by Gasteiger charge is -2.36. The second kappa shape index (κ2) is 10.7. The van der Waals surface area contributed by atoms with Gasteiger partial charge >= 0.3 is 6.09 Å². The third kappa shape index (κ3) is 5.52. The van der Waals surface area contributed by atoms with Crippen LogP contribution in [0.1, 0.15) is 32.5 Å². The number of nitrogens with zero attached hydrogens (tertiary/aromatic N) is 3. The molecule has 2 atom stereocenters. The fourth-order valence-electron chi connectivity index (χ4n) is 4.77. The molecule has 2 fully saturated rings. The number of aryl methyl sites for hydroxylation is 1. The van der Waals surface area contributed by atoms with Crippen LogP contribution < -0.4 is 5.32 Å². The second-order valence-corrected chi connectivity index (χ2v) is 10.5. The fraction of sp³-hybridized carbons (Fsp3) is 0.321. The van der Waals surface area contributed by atoms with E-state index in [4.69, 9.17) is 4.74 Å². The van der Waals surface area contributed by atoms with Gasteiger partial charge in [-0.05, 0) is 48.7 Å². The molecule has 2 aromatic carbocycles. The zero-order chi connectivity index (χ0) is 25.9. The molecule has 2 aliphatic heterocycles. The molecule has 0 spiro atoms. The zero-order valence-corrected chi connectivity index (χ0v) is 21.7. The third-order valence-electron chi connectivity index (χ3n) is 6.83. The normalized spacial score (nSPS) is 20.1. The minimum Gasteiger partial charge on any atom is -0.438 e. The Bertz CT molecular complexity index is 1270. The van der Waals surface area contributed by atoms with Crippen LogP contribution >= 0.6 is 11.3 Å². The van der Waals surface area contributed by atoms with E-state index in [0.717, 1.165) is 24.2 Å². The number of rotatable bonds is 6. The Hall–Kier alpha value is -3.69. The van der Waals surface area contributed by atoms with Crippen LogP contribution in [0.4, 0.5) is 10.5 Å². The van der Waals surface area contributed by atoms with Crippen molar-refractivity contribution in [2.45, 2.75) is 25.6 Å². The summed E-state index contributed by atoms with van der Waals surface area (Å²) in [5.41, 5.74) is 3.37. The maximum Gasteiger partial charge on any atom is 0.411 e. The van der Waals surface area contributed by atoms with E-state index in [1.807, 2.05) is 66.7 Å². The highest BCUT2D eigenvalue weighted by molar-refractivity contribution is 7.12. The number of benzene rings is 2. The molecule has 5 rings (SSSR count). The highest BCUT2D eigenvalue weighted by atomic mass is 32.1.